The lowest BCUT2D eigenvalue weighted by molar-refractivity contribution is -0.117. The predicted octanol–water partition coefficient (Wildman–Crippen LogP) is 2.90. The van der Waals surface area contributed by atoms with Crippen molar-refractivity contribution in [3.63, 3.8) is 0 Å². The topological polar surface area (TPSA) is 75.7 Å². The summed E-state index contributed by atoms with van der Waals surface area (Å²) in [5, 5.41) is 0. The van der Waals surface area contributed by atoms with E-state index in [2.05, 4.69) is 0 Å². The van der Waals surface area contributed by atoms with Crippen LogP contribution in [-0.2, 0) is 14.8 Å². The van der Waals surface area contributed by atoms with Gasteiger partial charge in [-0.15, -0.1) is 0 Å². The van der Waals surface area contributed by atoms with Crippen LogP contribution in [-0.4, -0.2) is 28.0 Å². The van der Waals surface area contributed by atoms with Crippen LogP contribution in [0.3, 0.4) is 0 Å². The van der Waals surface area contributed by atoms with Crippen molar-refractivity contribution in [3.8, 4) is 5.75 Å². The maximum absolute atomic E-state index is 13.8. The summed E-state index contributed by atoms with van der Waals surface area (Å²) in [7, 11) is -3.09. The van der Waals surface area contributed by atoms with Gasteiger partial charge in [-0.05, 0) is 36.8 Å². The first-order chi connectivity index (χ1) is 12.3. The Labute approximate surface area is 149 Å². The number of hydrogen-bond donors (Lipinski definition) is 1. The van der Waals surface area contributed by atoms with Crippen molar-refractivity contribution < 1.29 is 26.7 Å². The highest BCUT2D eigenvalue weighted by atomic mass is 32.2. The van der Waals surface area contributed by atoms with Crippen LogP contribution in [0.1, 0.15) is 12.8 Å². The molecule has 6 nitrogen and oxygen atoms in total. The predicted molar refractivity (Wildman–Crippen MR) is 91.7 cm³/mol. The maximum Gasteiger partial charge on any atom is 0.265 e. The molecule has 1 N–H and O–H groups in total. The van der Waals surface area contributed by atoms with Crippen molar-refractivity contribution in [2.75, 3.05) is 23.3 Å². The lowest BCUT2D eigenvalue weighted by Crippen LogP contribution is -2.24. The molecule has 0 saturated carbocycles. The fourth-order valence-corrected chi connectivity index (χ4v) is 4.01. The Morgan fingerprint density at radius 2 is 1.85 bits per heavy atom. The molecule has 0 bridgehead atoms. The van der Waals surface area contributed by atoms with E-state index in [1.165, 1.54) is 24.1 Å². The van der Waals surface area contributed by atoms with E-state index < -0.39 is 27.3 Å². The van der Waals surface area contributed by atoms with Crippen LogP contribution < -0.4 is 14.4 Å². The highest BCUT2D eigenvalue weighted by molar-refractivity contribution is 7.92. The molecule has 1 aliphatic heterocycles. The summed E-state index contributed by atoms with van der Waals surface area (Å²) in [5.74, 6) is -2.21. The summed E-state index contributed by atoms with van der Waals surface area (Å²) in [4.78, 5) is 13.0. The lowest BCUT2D eigenvalue weighted by Gasteiger charge is -2.19. The minimum atomic E-state index is -4.36. The van der Waals surface area contributed by atoms with Gasteiger partial charge in [-0.1, -0.05) is 6.07 Å². The number of hydrogen-bond acceptors (Lipinski definition) is 4. The summed E-state index contributed by atoms with van der Waals surface area (Å²) in [5.41, 5.74) is -0.403. The summed E-state index contributed by atoms with van der Waals surface area (Å²) >= 11 is 0. The van der Waals surface area contributed by atoms with E-state index in [0.29, 0.717) is 25.1 Å². The van der Waals surface area contributed by atoms with Crippen molar-refractivity contribution in [1.82, 2.24) is 0 Å². The number of ether oxygens (including phenoxy) is 1. The van der Waals surface area contributed by atoms with E-state index in [4.69, 9.17) is 4.74 Å². The zero-order valence-corrected chi connectivity index (χ0v) is 14.6. The van der Waals surface area contributed by atoms with Crippen molar-refractivity contribution >= 4 is 27.3 Å². The van der Waals surface area contributed by atoms with Gasteiger partial charge >= 0.3 is 0 Å². The normalized spacial score (nSPS) is 14.6. The van der Waals surface area contributed by atoms with Crippen LogP contribution in [0.25, 0.3) is 0 Å². The molecule has 0 unspecified atom stereocenters. The molecule has 0 atom stereocenters. The number of rotatable bonds is 5. The minimum Gasteiger partial charge on any atom is -0.495 e. The number of carbonyl (C=O) groups is 1. The van der Waals surface area contributed by atoms with Gasteiger partial charge in [0.15, 0.2) is 0 Å². The SMILES string of the molecule is COc1ccc(N2CCCC2=O)cc1S(=O)(=O)Nc1c(F)cccc1F. The molecule has 0 radical (unpaired) electrons. The summed E-state index contributed by atoms with van der Waals surface area (Å²) in [6.07, 6.45) is 1.05. The molecule has 0 aromatic heterocycles. The molecule has 138 valence electrons. The molecule has 2 aromatic carbocycles. The number of carbonyl (C=O) groups excluding carboxylic acids is 1. The number of sulfonamides is 1. The van der Waals surface area contributed by atoms with Crippen molar-refractivity contribution in [3.05, 3.63) is 48.0 Å². The van der Waals surface area contributed by atoms with E-state index in [0.717, 1.165) is 18.2 Å². The highest BCUT2D eigenvalue weighted by Gasteiger charge is 2.27. The van der Waals surface area contributed by atoms with Gasteiger partial charge in [-0.2, -0.15) is 0 Å². The number of benzene rings is 2. The first-order valence-corrected chi connectivity index (χ1v) is 9.27. The third kappa shape index (κ3) is 3.34. The third-order valence-electron chi connectivity index (χ3n) is 4.02. The van der Waals surface area contributed by atoms with Gasteiger partial charge in [0.1, 0.15) is 28.0 Å². The monoisotopic (exact) mass is 382 g/mol. The number of amides is 1. The average Bonchev–Trinajstić information content (AvgIpc) is 3.04. The van der Waals surface area contributed by atoms with Crippen LogP contribution in [0.5, 0.6) is 5.75 Å². The standard InChI is InChI=1S/C17H16F2N2O4S/c1-25-14-8-7-11(21-9-3-6-16(21)22)10-15(14)26(23,24)20-17-12(18)4-2-5-13(17)19/h2,4-5,7-8,10,20H,3,6,9H2,1H3. The molecular formula is C17H16F2N2O4S. The van der Waals surface area contributed by atoms with Gasteiger partial charge in [-0.25, -0.2) is 17.2 Å². The van der Waals surface area contributed by atoms with Crippen molar-refractivity contribution in [2.24, 2.45) is 0 Å². The number of anilines is 2. The molecule has 1 saturated heterocycles. The molecule has 1 amide bonds. The van der Waals surface area contributed by atoms with Crippen LogP contribution in [0.2, 0.25) is 0 Å². The number of nitrogens with zero attached hydrogens (tertiary/aromatic N) is 1. The van der Waals surface area contributed by atoms with Gasteiger partial charge in [0, 0.05) is 18.7 Å². The first-order valence-electron chi connectivity index (χ1n) is 7.79. The van der Waals surface area contributed by atoms with Gasteiger partial charge < -0.3 is 9.64 Å². The number of para-hydroxylation sites is 1. The van der Waals surface area contributed by atoms with Crippen LogP contribution in [0.15, 0.2) is 41.3 Å². The Hall–Kier alpha value is -2.68. The Morgan fingerprint density at radius 1 is 1.15 bits per heavy atom. The zero-order valence-electron chi connectivity index (χ0n) is 13.8. The lowest BCUT2D eigenvalue weighted by atomic mass is 10.3. The van der Waals surface area contributed by atoms with E-state index in [9.17, 15) is 22.0 Å². The summed E-state index contributed by atoms with van der Waals surface area (Å²) in [6, 6.07) is 7.22. The average molecular weight is 382 g/mol. The maximum atomic E-state index is 13.8. The van der Waals surface area contributed by atoms with Crippen LogP contribution in [0, 0.1) is 11.6 Å². The Balaban J connectivity index is 2.04. The van der Waals surface area contributed by atoms with Gasteiger partial charge in [0.05, 0.1) is 7.11 Å². The third-order valence-corrected chi connectivity index (χ3v) is 5.39. The van der Waals surface area contributed by atoms with Gasteiger partial charge in [-0.3, -0.25) is 9.52 Å². The minimum absolute atomic E-state index is 0.00959. The van der Waals surface area contributed by atoms with Gasteiger partial charge in [0.2, 0.25) is 5.91 Å². The molecule has 1 fully saturated rings. The second-order valence-corrected chi connectivity index (χ2v) is 7.34. The number of nitrogens with one attached hydrogen (secondary N) is 1. The molecule has 0 aliphatic carbocycles. The Morgan fingerprint density at radius 3 is 2.42 bits per heavy atom. The summed E-state index contributed by atoms with van der Waals surface area (Å²) in [6.45, 7) is 0.472. The zero-order chi connectivity index (χ0) is 18.9. The van der Waals surface area contributed by atoms with Crippen molar-refractivity contribution in [2.45, 2.75) is 17.7 Å². The van der Waals surface area contributed by atoms with Crippen LogP contribution >= 0.6 is 0 Å². The molecule has 26 heavy (non-hydrogen) atoms. The first kappa shape index (κ1) is 18.1. The Bertz CT molecular complexity index is 943. The summed E-state index contributed by atoms with van der Waals surface area (Å²) < 4.78 is 60.0. The molecule has 2 aromatic rings. The molecule has 0 spiro atoms. The van der Waals surface area contributed by atoms with E-state index in [1.807, 2.05) is 4.72 Å². The quantitative estimate of drug-likeness (QED) is 0.863. The fourth-order valence-electron chi connectivity index (χ4n) is 2.75. The molecule has 1 heterocycles. The molecule has 9 heteroatoms. The van der Waals surface area contributed by atoms with Crippen molar-refractivity contribution in [1.29, 1.82) is 0 Å². The van der Waals surface area contributed by atoms with E-state index in [1.54, 1.807) is 6.07 Å². The number of methoxy groups -OCH3 is 1. The fraction of sp³-hybridized carbons (Fsp3) is 0.235. The Kier molecular flexibility index (Phi) is 4.82. The molecule has 3 rings (SSSR count). The largest absolute Gasteiger partial charge is 0.495 e. The van der Waals surface area contributed by atoms with E-state index >= 15 is 0 Å². The molecule has 1 aliphatic rings. The second kappa shape index (κ2) is 6.91. The molecular weight excluding hydrogens is 366 g/mol. The van der Waals surface area contributed by atoms with E-state index in [-0.39, 0.29) is 16.6 Å². The highest BCUT2D eigenvalue weighted by Crippen LogP contribution is 2.32. The second-order valence-electron chi connectivity index (χ2n) is 5.69. The smallest absolute Gasteiger partial charge is 0.265 e. The number of halogens is 2. The van der Waals surface area contributed by atoms with Gasteiger partial charge in [0.25, 0.3) is 10.0 Å². The van der Waals surface area contributed by atoms with Crippen LogP contribution in [0.4, 0.5) is 20.2 Å².